The van der Waals surface area contributed by atoms with Gasteiger partial charge < -0.3 is 19.9 Å². The van der Waals surface area contributed by atoms with E-state index < -0.39 is 0 Å². The van der Waals surface area contributed by atoms with Gasteiger partial charge in [0.05, 0.1) is 12.6 Å². The average Bonchev–Trinajstić information content (AvgIpc) is 3.05. The van der Waals surface area contributed by atoms with E-state index in [4.69, 9.17) is 4.74 Å². The van der Waals surface area contributed by atoms with E-state index in [0.717, 1.165) is 48.9 Å². The molecule has 0 amide bonds. The Morgan fingerprint density at radius 3 is 2.70 bits per heavy atom. The van der Waals surface area contributed by atoms with Gasteiger partial charge in [-0.3, -0.25) is 0 Å². The number of hydrogen-bond donors (Lipinski definition) is 2. The maximum atomic E-state index is 5.13. The number of hydrogen-bond acceptors (Lipinski definition) is 6. The highest BCUT2D eigenvalue weighted by Crippen LogP contribution is 2.22. The summed E-state index contributed by atoms with van der Waals surface area (Å²) in [4.78, 5) is 19.0. The molecule has 1 saturated heterocycles. The van der Waals surface area contributed by atoms with Crippen molar-refractivity contribution in [3.8, 4) is 17.3 Å². The van der Waals surface area contributed by atoms with Gasteiger partial charge in [-0.2, -0.15) is 4.98 Å². The van der Waals surface area contributed by atoms with Crippen molar-refractivity contribution in [2.45, 2.75) is 0 Å². The molecule has 7 heteroatoms. The molecule has 3 aromatic rings. The zero-order chi connectivity index (χ0) is 15.6. The molecule has 0 saturated carbocycles. The second-order valence-corrected chi connectivity index (χ2v) is 5.45. The molecule has 23 heavy (non-hydrogen) atoms. The number of rotatable bonds is 3. The van der Waals surface area contributed by atoms with Crippen molar-refractivity contribution < 1.29 is 4.74 Å². The van der Waals surface area contributed by atoms with Gasteiger partial charge in [-0.25, -0.2) is 9.97 Å². The third-order valence-electron chi connectivity index (χ3n) is 3.99. The average molecular weight is 310 g/mol. The molecule has 7 nitrogen and oxygen atoms in total. The van der Waals surface area contributed by atoms with Crippen molar-refractivity contribution in [2.24, 2.45) is 0 Å². The molecule has 0 spiro atoms. The van der Waals surface area contributed by atoms with Crippen LogP contribution in [0.15, 0.2) is 30.5 Å². The van der Waals surface area contributed by atoms with Crippen LogP contribution in [0, 0.1) is 0 Å². The number of anilines is 1. The summed E-state index contributed by atoms with van der Waals surface area (Å²) in [5.74, 6) is 2.33. The van der Waals surface area contributed by atoms with Gasteiger partial charge in [-0.15, -0.1) is 0 Å². The Morgan fingerprint density at radius 1 is 1.09 bits per heavy atom. The van der Waals surface area contributed by atoms with Crippen LogP contribution in [0.2, 0.25) is 0 Å². The Balaban J connectivity index is 1.62. The van der Waals surface area contributed by atoms with E-state index in [1.165, 1.54) is 0 Å². The zero-order valence-electron chi connectivity index (χ0n) is 12.9. The quantitative estimate of drug-likeness (QED) is 0.762. The summed E-state index contributed by atoms with van der Waals surface area (Å²) >= 11 is 0. The number of aromatic nitrogens is 4. The predicted molar refractivity (Wildman–Crippen MR) is 88.8 cm³/mol. The van der Waals surface area contributed by atoms with Crippen molar-refractivity contribution in [1.82, 2.24) is 25.3 Å². The fourth-order valence-corrected chi connectivity index (χ4v) is 2.73. The van der Waals surface area contributed by atoms with Crippen LogP contribution in [0.3, 0.4) is 0 Å². The van der Waals surface area contributed by atoms with Crippen LogP contribution in [0.25, 0.3) is 22.6 Å². The number of H-pyrrole nitrogens is 1. The van der Waals surface area contributed by atoms with Gasteiger partial charge in [0.25, 0.3) is 0 Å². The smallest absolute Gasteiger partial charge is 0.215 e. The fraction of sp³-hybridized carbons (Fsp3) is 0.312. The summed E-state index contributed by atoms with van der Waals surface area (Å²) in [6.07, 6.45) is 1.85. The highest BCUT2D eigenvalue weighted by atomic mass is 16.5. The van der Waals surface area contributed by atoms with Gasteiger partial charge in [0.1, 0.15) is 11.6 Å². The lowest BCUT2D eigenvalue weighted by Gasteiger charge is -2.28. The highest BCUT2D eigenvalue weighted by molar-refractivity contribution is 5.76. The molecule has 0 atom stereocenters. The first-order valence-corrected chi connectivity index (χ1v) is 7.66. The molecule has 1 fully saturated rings. The number of ether oxygens (including phenoxy) is 1. The van der Waals surface area contributed by atoms with Gasteiger partial charge in [0.2, 0.25) is 5.88 Å². The van der Waals surface area contributed by atoms with Crippen molar-refractivity contribution in [3.63, 3.8) is 0 Å². The van der Waals surface area contributed by atoms with E-state index in [2.05, 4.69) is 30.2 Å². The lowest BCUT2D eigenvalue weighted by molar-refractivity contribution is 0.399. The van der Waals surface area contributed by atoms with E-state index in [-0.39, 0.29) is 0 Å². The Labute approximate surface area is 133 Å². The Hall–Kier alpha value is -2.67. The predicted octanol–water partition coefficient (Wildman–Crippen LogP) is 1.44. The minimum Gasteiger partial charge on any atom is -0.481 e. The normalized spacial score (nSPS) is 15.1. The van der Waals surface area contributed by atoms with Crippen LogP contribution in [-0.2, 0) is 0 Å². The molecule has 4 rings (SSSR count). The topological polar surface area (TPSA) is 79.0 Å². The molecule has 2 N–H and O–H groups in total. The van der Waals surface area contributed by atoms with Crippen LogP contribution < -0.4 is 15.0 Å². The molecule has 3 aromatic heterocycles. The number of nitrogens with one attached hydrogen (secondary N) is 2. The first-order chi connectivity index (χ1) is 11.3. The van der Waals surface area contributed by atoms with Gasteiger partial charge in [0, 0.05) is 44.0 Å². The summed E-state index contributed by atoms with van der Waals surface area (Å²) < 4.78 is 5.13. The fourth-order valence-electron chi connectivity index (χ4n) is 2.73. The maximum Gasteiger partial charge on any atom is 0.215 e. The van der Waals surface area contributed by atoms with E-state index in [1.54, 1.807) is 7.11 Å². The van der Waals surface area contributed by atoms with Crippen LogP contribution >= 0.6 is 0 Å². The molecule has 0 radical (unpaired) electrons. The van der Waals surface area contributed by atoms with Crippen LogP contribution in [0.5, 0.6) is 5.88 Å². The van der Waals surface area contributed by atoms with E-state index >= 15 is 0 Å². The molecule has 4 heterocycles. The zero-order valence-corrected chi connectivity index (χ0v) is 12.9. The minimum absolute atomic E-state index is 0.558. The first kappa shape index (κ1) is 14.0. The third kappa shape index (κ3) is 2.70. The van der Waals surface area contributed by atoms with Gasteiger partial charge in [-0.1, -0.05) is 0 Å². The summed E-state index contributed by atoms with van der Waals surface area (Å²) in [7, 11) is 1.60. The molecule has 118 valence electrons. The molecule has 0 aliphatic carbocycles. The second-order valence-electron chi connectivity index (χ2n) is 5.45. The molecular formula is C16H18N6O. The van der Waals surface area contributed by atoms with Gasteiger partial charge in [0.15, 0.2) is 5.65 Å². The summed E-state index contributed by atoms with van der Waals surface area (Å²) in [5, 5.41) is 3.34. The largest absolute Gasteiger partial charge is 0.481 e. The summed E-state index contributed by atoms with van der Waals surface area (Å²) in [6.45, 7) is 3.97. The summed E-state index contributed by atoms with van der Waals surface area (Å²) in [5.41, 5.74) is 2.47. The number of methoxy groups -OCH3 is 1. The number of aromatic amines is 1. The monoisotopic (exact) mass is 310 g/mol. The minimum atomic E-state index is 0.558. The Bertz CT molecular complexity index is 807. The van der Waals surface area contributed by atoms with E-state index in [9.17, 15) is 0 Å². The molecule has 0 bridgehead atoms. The number of nitrogens with zero attached hydrogens (tertiary/aromatic N) is 4. The SMILES string of the molecule is COc1ccc2[nH]c(-c3ccc(N4CCNCC4)nc3)nc2n1. The third-order valence-corrected chi connectivity index (χ3v) is 3.99. The van der Waals surface area contributed by atoms with Gasteiger partial charge in [-0.05, 0) is 18.2 Å². The van der Waals surface area contributed by atoms with E-state index in [0.29, 0.717) is 11.5 Å². The maximum absolute atomic E-state index is 5.13. The number of imidazole rings is 1. The van der Waals surface area contributed by atoms with E-state index in [1.807, 2.05) is 30.5 Å². The molecule has 1 aliphatic rings. The lowest BCUT2D eigenvalue weighted by atomic mass is 10.2. The van der Waals surface area contributed by atoms with Crippen LogP contribution in [0.4, 0.5) is 5.82 Å². The van der Waals surface area contributed by atoms with Crippen molar-refractivity contribution in [3.05, 3.63) is 30.5 Å². The van der Waals surface area contributed by atoms with Crippen molar-refractivity contribution in [1.29, 1.82) is 0 Å². The number of piperazine rings is 1. The van der Waals surface area contributed by atoms with Crippen LogP contribution in [-0.4, -0.2) is 53.2 Å². The highest BCUT2D eigenvalue weighted by Gasteiger charge is 2.12. The number of pyridine rings is 2. The molecule has 0 aromatic carbocycles. The molecule has 1 aliphatic heterocycles. The van der Waals surface area contributed by atoms with Gasteiger partial charge >= 0.3 is 0 Å². The van der Waals surface area contributed by atoms with Crippen LogP contribution in [0.1, 0.15) is 0 Å². The number of fused-ring (bicyclic) bond motifs is 1. The Kier molecular flexibility index (Phi) is 3.55. The van der Waals surface area contributed by atoms with Crippen molar-refractivity contribution in [2.75, 3.05) is 38.2 Å². The standard InChI is InChI=1S/C16H18N6O/c1-23-14-5-3-12-16(20-14)21-15(19-12)11-2-4-13(18-10-11)22-8-6-17-7-9-22/h2-5,10,17H,6-9H2,1H3,(H,19,20,21). The second kappa shape index (κ2) is 5.85. The Morgan fingerprint density at radius 2 is 1.96 bits per heavy atom. The van der Waals surface area contributed by atoms with Crippen molar-refractivity contribution >= 4 is 17.0 Å². The lowest BCUT2D eigenvalue weighted by Crippen LogP contribution is -2.43. The summed E-state index contributed by atoms with van der Waals surface area (Å²) in [6, 6.07) is 7.82. The molecular weight excluding hydrogens is 292 g/mol. The molecule has 0 unspecified atom stereocenters. The first-order valence-electron chi connectivity index (χ1n) is 7.66.